The quantitative estimate of drug-likeness (QED) is 0.509. The molecule has 0 aliphatic carbocycles. The van der Waals surface area contributed by atoms with E-state index in [0.717, 1.165) is 0 Å². The van der Waals surface area contributed by atoms with Crippen molar-refractivity contribution in [2.45, 2.75) is 85.0 Å². The van der Waals surface area contributed by atoms with Crippen LogP contribution >= 0.6 is 0 Å². The Kier molecular flexibility index (Phi) is 9.14. The third-order valence-electron chi connectivity index (χ3n) is 3.94. The molecule has 0 bridgehead atoms. The molecule has 5 heteroatoms. The minimum atomic E-state index is -1.17. The van der Waals surface area contributed by atoms with Gasteiger partial charge in [-0.1, -0.05) is 99.5 Å². The van der Waals surface area contributed by atoms with Crippen LogP contribution in [-0.4, -0.2) is 32.3 Å². The molecule has 120 valence electrons. The predicted molar refractivity (Wildman–Crippen MR) is 109 cm³/mol. The Labute approximate surface area is 151 Å². The molecule has 0 aromatic heterocycles. The molecule has 0 amide bonds. The van der Waals surface area contributed by atoms with Gasteiger partial charge < -0.3 is 5.16 Å². The molecular weight excluding hydrogens is 311 g/mol. The van der Waals surface area contributed by atoms with Gasteiger partial charge in [0.2, 0.25) is 0 Å². The average molecular weight is 351 g/mol. The van der Waals surface area contributed by atoms with Crippen molar-refractivity contribution in [1.82, 2.24) is 0 Å². The number of rotatable bonds is 6. The summed E-state index contributed by atoms with van der Waals surface area (Å²) in [6, 6.07) is 0. The standard InChI is InChI=1S/C16H39Si4.Li/c1-17(2,3)15(18(4,5)6)13-14-16(19(7,8)9)20(10,11)12;/h13H,14H2,1-12H3;/q-1;+1. The normalized spacial score (nSPS) is 14.0. The maximum atomic E-state index is 2.70. The molecule has 0 radical (unpaired) electrons. The molecule has 0 N–H and O–H groups in total. The van der Waals surface area contributed by atoms with Crippen LogP contribution in [0.25, 0.3) is 0 Å². The minimum Gasteiger partial charge on any atom is -0.308 e. The molecule has 0 aliphatic heterocycles. The van der Waals surface area contributed by atoms with Gasteiger partial charge in [0.15, 0.2) is 0 Å². The third kappa shape index (κ3) is 8.57. The van der Waals surface area contributed by atoms with E-state index in [9.17, 15) is 0 Å². The van der Waals surface area contributed by atoms with Crippen molar-refractivity contribution in [3.63, 3.8) is 0 Å². The van der Waals surface area contributed by atoms with Crippen LogP contribution in [0.1, 0.15) is 6.42 Å². The van der Waals surface area contributed by atoms with Crippen LogP contribution in [-0.2, 0) is 0 Å². The fourth-order valence-corrected chi connectivity index (χ4v) is 24.5. The van der Waals surface area contributed by atoms with Crippen LogP contribution in [0.2, 0.25) is 78.6 Å². The Balaban J connectivity index is 0. The van der Waals surface area contributed by atoms with Crippen LogP contribution < -0.4 is 18.9 Å². The molecule has 0 fully saturated rings. The van der Waals surface area contributed by atoms with Gasteiger partial charge in [-0.05, 0) is 0 Å². The van der Waals surface area contributed by atoms with E-state index >= 15 is 0 Å². The van der Waals surface area contributed by atoms with Gasteiger partial charge in [0.1, 0.15) is 0 Å². The van der Waals surface area contributed by atoms with Crippen molar-refractivity contribution in [1.29, 1.82) is 0 Å². The van der Waals surface area contributed by atoms with E-state index < -0.39 is 32.3 Å². The number of hydrogen-bond acceptors (Lipinski definition) is 0. The molecule has 0 spiro atoms. The van der Waals surface area contributed by atoms with Gasteiger partial charge in [-0.3, -0.25) is 0 Å². The van der Waals surface area contributed by atoms with Crippen LogP contribution in [0, 0.1) is 5.16 Å². The van der Waals surface area contributed by atoms with Crippen molar-refractivity contribution in [3.8, 4) is 0 Å². The van der Waals surface area contributed by atoms with Crippen LogP contribution in [0.5, 0.6) is 0 Å². The average Bonchev–Trinajstić information content (AvgIpc) is 2.02. The first-order chi connectivity index (χ1) is 8.47. The molecule has 0 nitrogen and oxygen atoms in total. The summed E-state index contributed by atoms with van der Waals surface area (Å²) in [4.78, 5) is 1.89. The van der Waals surface area contributed by atoms with Crippen molar-refractivity contribution >= 4 is 32.3 Å². The molecule has 0 unspecified atom stereocenters. The molecule has 0 heterocycles. The van der Waals surface area contributed by atoms with E-state index in [1.165, 1.54) is 6.42 Å². The zero-order chi connectivity index (χ0) is 16.6. The monoisotopic (exact) mass is 350 g/mol. The van der Waals surface area contributed by atoms with E-state index in [4.69, 9.17) is 0 Å². The van der Waals surface area contributed by atoms with E-state index in [1.54, 1.807) is 0 Å². The third-order valence-corrected chi connectivity index (χ3v) is 20.6. The first-order valence-corrected chi connectivity index (χ1v) is 22.1. The van der Waals surface area contributed by atoms with Crippen LogP contribution in [0.4, 0.5) is 0 Å². The van der Waals surface area contributed by atoms with Gasteiger partial charge in [-0.25, -0.2) is 0 Å². The summed E-state index contributed by atoms with van der Waals surface area (Å²) in [5, 5.41) is 1.96. The summed E-state index contributed by atoms with van der Waals surface area (Å²) >= 11 is 0. The smallest absolute Gasteiger partial charge is 0.308 e. The minimum absolute atomic E-state index is 0. The summed E-state index contributed by atoms with van der Waals surface area (Å²) in [5.41, 5.74) is 0. The van der Waals surface area contributed by atoms with E-state index in [2.05, 4.69) is 84.6 Å². The first-order valence-electron chi connectivity index (χ1n) is 8.05. The Morgan fingerprint density at radius 3 is 1.14 bits per heavy atom. The SMILES string of the molecule is C[Si](C)(C)C(=CC[C-]([Si](C)(C)C)[Si](C)(C)C)[Si](C)(C)C.[Li+]. The van der Waals surface area contributed by atoms with Gasteiger partial charge >= 0.3 is 18.9 Å². The Hall–Kier alpha value is 1.20. The first kappa shape index (κ1) is 24.5. The molecule has 0 aromatic carbocycles. The molecule has 0 saturated heterocycles. The van der Waals surface area contributed by atoms with E-state index in [1.807, 2.05) is 9.98 Å². The predicted octanol–water partition coefficient (Wildman–Crippen LogP) is 3.39. The molecule has 21 heavy (non-hydrogen) atoms. The van der Waals surface area contributed by atoms with Gasteiger partial charge in [0.25, 0.3) is 0 Å². The molecule has 0 aromatic rings. The Morgan fingerprint density at radius 2 is 0.952 bits per heavy atom. The maximum absolute atomic E-state index is 2.70. The summed E-state index contributed by atoms with van der Waals surface area (Å²) in [7, 11) is -4.62. The second kappa shape index (κ2) is 7.85. The fourth-order valence-electron chi connectivity index (χ4n) is 3.68. The molecule has 0 saturated carbocycles. The van der Waals surface area contributed by atoms with Gasteiger partial charge in [0, 0.05) is 0 Å². The Morgan fingerprint density at radius 1 is 0.667 bits per heavy atom. The summed E-state index contributed by atoms with van der Waals surface area (Å²) in [6.45, 7) is 30.4. The second-order valence-electron chi connectivity index (χ2n) is 10.3. The van der Waals surface area contributed by atoms with Gasteiger partial charge in [-0.2, -0.15) is 6.42 Å². The Bertz CT molecular complexity index is 318. The van der Waals surface area contributed by atoms with Gasteiger partial charge in [-0.15, -0.1) is 6.08 Å². The summed E-state index contributed by atoms with van der Waals surface area (Å²) < 4.78 is 0. The van der Waals surface area contributed by atoms with Crippen molar-refractivity contribution < 1.29 is 18.9 Å². The molecule has 0 atom stereocenters. The largest absolute Gasteiger partial charge is 1.00 e. The zero-order valence-corrected chi connectivity index (χ0v) is 21.3. The summed E-state index contributed by atoms with van der Waals surface area (Å²) in [5.74, 6) is 0. The topological polar surface area (TPSA) is 0 Å². The molecule has 0 aliphatic rings. The van der Waals surface area contributed by atoms with Crippen molar-refractivity contribution in [2.75, 3.05) is 0 Å². The van der Waals surface area contributed by atoms with E-state index in [0.29, 0.717) is 0 Å². The fraction of sp³-hybridized carbons (Fsp3) is 0.812. The molecule has 0 rings (SSSR count). The van der Waals surface area contributed by atoms with Crippen molar-refractivity contribution in [2.24, 2.45) is 0 Å². The second-order valence-corrected chi connectivity index (χ2v) is 31.6. The number of allylic oxidation sites excluding steroid dienone is 1. The van der Waals surface area contributed by atoms with Gasteiger partial charge in [0.05, 0.1) is 16.1 Å². The van der Waals surface area contributed by atoms with E-state index in [-0.39, 0.29) is 18.9 Å². The van der Waals surface area contributed by atoms with Crippen molar-refractivity contribution in [3.05, 3.63) is 16.1 Å². The zero-order valence-electron chi connectivity index (χ0n) is 17.3. The maximum Gasteiger partial charge on any atom is 1.00 e. The van der Waals surface area contributed by atoms with Crippen LogP contribution in [0.15, 0.2) is 10.9 Å². The summed E-state index contributed by atoms with van der Waals surface area (Å²) in [6.07, 6.45) is 3.99. The number of hydrogen-bond donors (Lipinski definition) is 0. The molecular formula is C16H39LiSi4. The van der Waals surface area contributed by atoms with Crippen LogP contribution in [0.3, 0.4) is 0 Å².